The zero-order valence-electron chi connectivity index (χ0n) is 7.93. The molecule has 0 aliphatic rings. The Bertz CT molecular complexity index is 236. The highest BCUT2D eigenvalue weighted by Crippen LogP contribution is 2.05. The van der Waals surface area contributed by atoms with Crippen LogP contribution in [0.2, 0.25) is 0 Å². The summed E-state index contributed by atoms with van der Waals surface area (Å²) in [6.07, 6.45) is 2.43. The van der Waals surface area contributed by atoms with E-state index >= 15 is 0 Å². The standard InChI is InChI=1S/C8H13BrN2O2/c1-4-5-6(9)7(12)10-8(13)11(2)3/h5H,4H2,1-3H3,(H,10,12,13)/b6-5-. The predicted octanol–water partition coefficient (Wildman–Crippen LogP) is 1.47. The Morgan fingerprint density at radius 2 is 2.00 bits per heavy atom. The van der Waals surface area contributed by atoms with E-state index in [-0.39, 0.29) is 0 Å². The molecule has 5 heteroatoms. The van der Waals surface area contributed by atoms with Gasteiger partial charge in [-0.3, -0.25) is 10.1 Å². The first kappa shape index (κ1) is 12.2. The summed E-state index contributed by atoms with van der Waals surface area (Å²) in [4.78, 5) is 23.5. The van der Waals surface area contributed by atoms with Gasteiger partial charge in [-0.05, 0) is 22.4 Å². The number of hydrogen-bond acceptors (Lipinski definition) is 2. The van der Waals surface area contributed by atoms with Crippen LogP contribution >= 0.6 is 15.9 Å². The minimum absolute atomic E-state index is 0.380. The second-order valence-electron chi connectivity index (χ2n) is 2.61. The molecule has 0 unspecified atom stereocenters. The Morgan fingerprint density at radius 1 is 1.46 bits per heavy atom. The minimum atomic E-state index is -0.425. The van der Waals surface area contributed by atoms with E-state index in [0.29, 0.717) is 4.48 Å². The van der Waals surface area contributed by atoms with Crippen molar-refractivity contribution >= 4 is 27.9 Å². The van der Waals surface area contributed by atoms with E-state index in [4.69, 9.17) is 0 Å². The van der Waals surface area contributed by atoms with E-state index in [0.717, 1.165) is 6.42 Å². The molecule has 0 atom stereocenters. The summed E-state index contributed by atoms with van der Waals surface area (Å²) < 4.78 is 0.380. The fraction of sp³-hybridized carbons (Fsp3) is 0.500. The second kappa shape index (κ2) is 5.75. The average Bonchev–Trinajstić information content (AvgIpc) is 2.04. The van der Waals surface area contributed by atoms with Crippen LogP contribution in [0.4, 0.5) is 4.79 Å². The summed E-state index contributed by atoms with van der Waals surface area (Å²) >= 11 is 3.06. The van der Waals surface area contributed by atoms with Gasteiger partial charge in [0.2, 0.25) is 0 Å². The molecule has 3 amide bonds. The van der Waals surface area contributed by atoms with E-state index in [1.54, 1.807) is 20.2 Å². The van der Waals surface area contributed by atoms with Crippen LogP contribution in [0.3, 0.4) is 0 Å². The number of imide groups is 1. The predicted molar refractivity (Wildman–Crippen MR) is 54.5 cm³/mol. The molecule has 0 aliphatic heterocycles. The normalized spacial score (nSPS) is 10.9. The Kier molecular flexibility index (Phi) is 5.37. The monoisotopic (exact) mass is 248 g/mol. The van der Waals surface area contributed by atoms with Crippen molar-refractivity contribution in [3.8, 4) is 0 Å². The SMILES string of the molecule is CC/C=C(\Br)C(=O)NC(=O)N(C)C. The topological polar surface area (TPSA) is 49.4 Å². The van der Waals surface area contributed by atoms with Crippen molar-refractivity contribution in [2.45, 2.75) is 13.3 Å². The Morgan fingerprint density at radius 3 is 2.38 bits per heavy atom. The molecule has 0 aromatic heterocycles. The van der Waals surface area contributed by atoms with E-state index in [1.807, 2.05) is 6.92 Å². The number of allylic oxidation sites excluding steroid dienone is 1. The van der Waals surface area contributed by atoms with Crippen molar-refractivity contribution in [3.05, 3.63) is 10.6 Å². The number of carbonyl (C=O) groups excluding carboxylic acids is 2. The number of hydrogen-bond donors (Lipinski definition) is 1. The first-order valence-electron chi connectivity index (χ1n) is 3.87. The molecule has 0 saturated heterocycles. The number of urea groups is 1. The van der Waals surface area contributed by atoms with Crippen molar-refractivity contribution in [1.29, 1.82) is 0 Å². The highest BCUT2D eigenvalue weighted by atomic mass is 79.9. The Labute approximate surface area is 86.1 Å². The first-order chi connectivity index (χ1) is 5.99. The van der Waals surface area contributed by atoms with Gasteiger partial charge in [0.25, 0.3) is 5.91 Å². The quantitative estimate of drug-likeness (QED) is 0.753. The van der Waals surface area contributed by atoms with Gasteiger partial charge in [-0.25, -0.2) is 4.79 Å². The zero-order chi connectivity index (χ0) is 10.4. The van der Waals surface area contributed by atoms with Gasteiger partial charge in [0, 0.05) is 14.1 Å². The fourth-order valence-corrected chi connectivity index (χ4v) is 0.963. The highest BCUT2D eigenvalue weighted by Gasteiger charge is 2.10. The van der Waals surface area contributed by atoms with Crippen LogP contribution in [0.5, 0.6) is 0 Å². The molecule has 0 radical (unpaired) electrons. The molecule has 1 N–H and O–H groups in total. The van der Waals surface area contributed by atoms with Gasteiger partial charge in [-0.15, -0.1) is 0 Å². The molecule has 0 rings (SSSR count). The third-order valence-electron chi connectivity index (χ3n) is 1.23. The van der Waals surface area contributed by atoms with Crippen LogP contribution in [0.1, 0.15) is 13.3 Å². The van der Waals surface area contributed by atoms with Crippen LogP contribution in [-0.2, 0) is 4.79 Å². The molecule has 0 aromatic rings. The van der Waals surface area contributed by atoms with Crippen molar-refractivity contribution < 1.29 is 9.59 Å². The minimum Gasteiger partial charge on any atom is -0.331 e. The van der Waals surface area contributed by atoms with Gasteiger partial charge < -0.3 is 4.90 Å². The third-order valence-corrected chi connectivity index (χ3v) is 1.91. The van der Waals surface area contributed by atoms with Gasteiger partial charge in [-0.2, -0.15) is 0 Å². The van der Waals surface area contributed by atoms with Crippen molar-refractivity contribution in [3.63, 3.8) is 0 Å². The molecule has 0 fully saturated rings. The maximum Gasteiger partial charge on any atom is 0.323 e. The number of halogens is 1. The molecule has 13 heavy (non-hydrogen) atoms. The van der Waals surface area contributed by atoms with E-state index in [1.165, 1.54) is 4.90 Å². The molecule has 74 valence electrons. The van der Waals surface area contributed by atoms with Crippen LogP contribution in [-0.4, -0.2) is 30.9 Å². The molecule has 0 aromatic carbocycles. The lowest BCUT2D eigenvalue weighted by Crippen LogP contribution is -2.38. The second-order valence-corrected chi connectivity index (χ2v) is 3.47. The average molecular weight is 249 g/mol. The van der Waals surface area contributed by atoms with Crippen molar-refractivity contribution in [1.82, 2.24) is 10.2 Å². The molecular formula is C8H13BrN2O2. The van der Waals surface area contributed by atoms with E-state index in [2.05, 4.69) is 21.2 Å². The van der Waals surface area contributed by atoms with Crippen molar-refractivity contribution in [2.75, 3.05) is 14.1 Å². The zero-order valence-corrected chi connectivity index (χ0v) is 9.51. The molecule has 0 heterocycles. The van der Waals surface area contributed by atoms with Crippen LogP contribution < -0.4 is 5.32 Å². The number of nitrogens with zero attached hydrogens (tertiary/aromatic N) is 1. The van der Waals surface area contributed by atoms with Crippen molar-refractivity contribution in [2.24, 2.45) is 0 Å². The van der Waals surface area contributed by atoms with Crippen LogP contribution in [0, 0.1) is 0 Å². The lowest BCUT2D eigenvalue weighted by molar-refractivity contribution is -0.115. The van der Waals surface area contributed by atoms with Crippen LogP contribution in [0.25, 0.3) is 0 Å². The maximum atomic E-state index is 11.2. The molecule has 0 saturated carbocycles. The van der Waals surface area contributed by atoms with Crippen LogP contribution in [0.15, 0.2) is 10.6 Å². The summed E-state index contributed by atoms with van der Waals surface area (Å²) in [7, 11) is 3.14. The molecule has 4 nitrogen and oxygen atoms in total. The Hall–Kier alpha value is -0.840. The van der Waals surface area contributed by atoms with Gasteiger partial charge in [0.05, 0.1) is 4.48 Å². The molecular weight excluding hydrogens is 236 g/mol. The smallest absolute Gasteiger partial charge is 0.323 e. The summed E-state index contributed by atoms with van der Waals surface area (Å²) in [6.45, 7) is 1.91. The molecule has 0 aliphatic carbocycles. The van der Waals surface area contributed by atoms with Gasteiger partial charge in [0.1, 0.15) is 0 Å². The summed E-state index contributed by atoms with van der Waals surface area (Å²) in [6, 6.07) is -0.425. The number of carbonyl (C=O) groups is 2. The summed E-state index contributed by atoms with van der Waals surface area (Å²) in [5.74, 6) is -0.416. The lowest BCUT2D eigenvalue weighted by Gasteiger charge is -2.10. The number of nitrogens with one attached hydrogen (secondary N) is 1. The number of amides is 3. The third kappa shape index (κ3) is 4.67. The van der Waals surface area contributed by atoms with Gasteiger partial charge in [-0.1, -0.05) is 13.0 Å². The summed E-state index contributed by atoms with van der Waals surface area (Å²) in [5.41, 5.74) is 0. The summed E-state index contributed by atoms with van der Waals surface area (Å²) in [5, 5.41) is 2.20. The largest absolute Gasteiger partial charge is 0.331 e. The fourth-order valence-electron chi connectivity index (χ4n) is 0.541. The van der Waals surface area contributed by atoms with Gasteiger partial charge >= 0.3 is 6.03 Å². The maximum absolute atomic E-state index is 11.2. The van der Waals surface area contributed by atoms with E-state index in [9.17, 15) is 9.59 Å². The highest BCUT2D eigenvalue weighted by molar-refractivity contribution is 9.12. The Balaban J connectivity index is 4.16. The number of rotatable bonds is 2. The van der Waals surface area contributed by atoms with E-state index < -0.39 is 11.9 Å². The van der Waals surface area contributed by atoms with Gasteiger partial charge in [0.15, 0.2) is 0 Å². The molecule has 0 spiro atoms. The lowest BCUT2D eigenvalue weighted by atomic mass is 10.4. The first-order valence-corrected chi connectivity index (χ1v) is 4.66. The molecule has 0 bridgehead atoms.